The molecule has 5 heteroatoms. The van der Waals surface area contributed by atoms with E-state index in [0.717, 1.165) is 37.2 Å². The normalized spacial score (nSPS) is 16.9. The molecule has 27 heavy (non-hydrogen) atoms. The van der Waals surface area contributed by atoms with Gasteiger partial charge in [-0.15, -0.1) is 18.8 Å². The number of rotatable bonds is 2. The number of esters is 1. The predicted molar refractivity (Wildman–Crippen MR) is 107 cm³/mol. The third-order valence-electron chi connectivity index (χ3n) is 5.39. The third-order valence-corrected chi connectivity index (χ3v) is 5.39. The number of nitrogens with zero attached hydrogens (tertiary/aromatic N) is 1. The molecule has 2 heterocycles. The van der Waals surface area contributed by atoms with Crippen LogP contribution in [0.2, 0.25) is 0 Å². The molecule has 2 aliphatic rings. The Morgan fingerprint density at radius 1 is 1.19 bits per heavy atom. The summed E-state index contributed by atoms with van der Waals surface area (Å²) in [4.78, 5) is 13.8. The van der Waals surface area contributed by atoms with Crippen LogP contribution in [0.1, 0.15) is 30.9 Å². The minimum Gasteiger partial charge on any atom is -0.453 e. The lowest BCUT2D eigenvalue weighted by atomic mass is 9.66. The van der Waals surface area contributed by atoms with Gasteiger partial charge in [0, 0.05) is 36.6 Å². The minimum absolute atomic E-state index is 0. The Morgan fingerprint density at radius 3 is 2.59 bits per heavy atom. The van der Waals surface area contributed by atoms with Gasteiger partial charge in [-0.3, -0.25) is 9.69 Å². The molecule has 4 nitrogen and oxygen atoms in total. The molecule has 0 saturated carbocycles. The lowest BCUT2D eigenvalue weighted by molar-refractivity contribution is -0.132. The van der Waals surface area contributed by atoms with Crippen LogP contribution in [0.4, 0.5) is 0 Å². The lowest BCUT2D eigenvalue weighted by Crippen LogP contribution is -2.44. The van der Waals surface area contributed by atoms with E-state index in [2.05, 4.69) is 29.0 Å². The van der Waals surface area contributed by atoms with Crippen molar-refractivity contribution in [3.63, 3.8) is 0 Å². The summed E-state index contributed by atoms with van der Waals surface area (Å²) in [6.07, 6.45) is 7.39. The number of terminal acetylenes is 1. The first kappa shape index (κ1) is 19.3. The molecule has 0 radical (unpaired) electrons. The van der Waals surface area contributed by atoms with Crippen LogP contribution in [0, 0.1) is 12.3 Å². The summed E-state index contributed by atoms with van der Waals surface area (Å²) >= 11 is 0. The number of ether oxygens (including phenoxy) is 2. The minimum atomic E-state index is -0.348. The Bertz CT molecular complexity index is 895. The van der Waals surface area contributed by atoms with E-state index in [-0.39, 0.29) is 23.8 Å². The fourth-order valence-corrected chi connectivity index (χ4v) is 4.20. The predicted octanol–water partition coefficient (Wildman–Crippen LogP) is 4.15. The van der Waals surface area contributed by atoms with Crippen molar-refractivity contribution in [1.29, 1.82) is 0 Å². The van der Waals surface area contributed by atoms with Crippen LogP contribution >= 0.6 is 12.4 Å². The standard InChI is InChI=1S/C22H21NO3.ClH/c1-3-13-23-14-11-22(12-15-23)17-7-4-5-9-19(17)26-21-18(22)8-6-10-20(21)25-16(2)24;/h1,4-10H,11-15H2,2H3;1H. The van der Waals surface area contributed by atoms with Gasteiger partial charge in [0.2, 0.25) is 0 Å². The number of piperidine rings is 1. The summed E-state index contributed by atoms with van der Waals surface area (Å²) in [6.45, 7) is 3.93. The summed E-state index contributed by atoms with van der Waals surface area (Å²) in [7, 11) is 0. The van der Waals surface area contributed by atoms with Gasteiger partial charge in [-0.25, -0.2) is 0 Å². The Morgan fingerprint density at radius 2 is 1.89 bits per heavy atom. The van der Waals surface area contributed by atoms with E-state index >= 15 is 0 Å². The average Bonchev–Trinajstić information content (AvgIpc) is 2.64. The maximum atomic E-state index is 11.5. The molecule has 2 aromatic carbocycles. The zero-order chi connectivity index (χ0) is 18.1. The summed E-state index contributed by atoms with van der Waals surface area (Å²) < 4.78 is 11.6. The first-order valence-corrected chi connectivity index (χ1v) is 8.89. The van der Waals surface area contributed by atoms with Crippen molar-refractivity contribution in [3.05, 3.63) is 53.6 Å². The fraction of sp³-hybridized carbons (Fsp3) is 0.318. The number of carbonyl (C=O) groups excluding carboxylic acids is 1. The summed E-state index contributed by atoms with van der Waals surface area (Å²) in [5, 5.41) is 0. The molecule has 1 spiro atoms. The van der Waals surface area contributed by atoms with Gasteiger partial charge >= 0.3 is 5.97 Å². The molecule has 1 saturated heterocycles. The molecule has 1 fully saturated rings. The zero-order valence-corrected chi connectivity index (χ0v) is 16.1. The van der Waals surface area contributed by atoms with Gasteiger partial charge in [0.05, 0.1) is 6.54 Å². The second-order valence-electron chi connectivity index (χ2n) is 6.89. The number of benzene rings is 2. The molecule has 4 rings (SSSR count). The van der Waals surface area contributed by atoms with Crippen molar-refractivity contribution in [2.24, 2.45) is 0 Å². The van der Waals surface area contributed by atoms with Crippen LogP contribution in [0.5, 0.6) is 17.2 Å². The molecule has 0 amide bonds. The smallest absolute Gasteiger partial charge is 0.308 e. The van der Waals surface area contributed by atoms with Gasteiger partial charge in [-0.2, -0.15) is 0 Å². The number of halogens is 1. The van der Waals surface area contributed by atoms with E-state index in [1.165, 1.54) is 12.5 Å². The van der Waals surface area contributed by atoms with Crippen molar-refractivity contribution < 1.29 is 14.3 Å². The Balaban J connectivity index is 0.00000210. The van der Waals surface area contributed by atoms with Crippen LogP contribution in [0.3, 0.4) is 0 Å². The maximum absolute atomic E-state index is 11.5. The van der Waals surface area contributed by atoms with Gasteiger partial charge in [-0.05, 0) is 25.0 Å². The van der Waals surface area contributed by atoms with E-state index in [1.54, 1.807) is 6.07 Å². The molecule has 0 bridgehead atoms. The van der Waals surface area contributed by atoms with Gasteiger partial charge < -0.3 is 9.47 Å². The van der Waals surface area contributed by atoms with E-state index in [0.29, 0.717) is 18.0 Å². The SMILES string of the molecule is C#CCN1CCC2(CC1)c1ccccc1Oc1c(OC(C)=O)cccc12.Cl. The second-order valence-corrected chi connectivity index (χ2v) is 6.89. The number of para-hydroxylation sites is 2. The van der Waals surface area contributed by atoms with Crippen molar-refractivity contribution >= 4 is 18.4 Å². The van der Waals surface area contributed by atoms with Crippen LogP contribution in [0.25, 0.3) is 0 Å². The number of fused-ring (bicyclic) bond motifs is 4. The number of likely N-dealkylation sites (tertiary alicyclic amines) is 1. The van der Waals surface area contributed by atoms with Gasteiger partial charge in [0.25, 0.3) is 0 Å². The molecule has 0 unspecified atom stereocenters. The topological polar surface area (TPSA) is 38.8 Å². The largest absolute Gasteiger partial charge is 0.453 e. The highest BCUT2D eigenvalue weighted by Crippen LogP contribution is 2.55. The summed E-state index contributed by atoms with van der Waals surface area (Å²) in [5.41, 5.74) is 2.15. The molecule has 0 aliphatic carbocycles. The molecule has 0 atom stereocenters. The van der Waals surface area contributed by atoms with Crippen LogP contribution in [-0.4, -0.2) is 30.5 Å². The molecular weight excluding hydrogens is 362 g/mol. The summed E-state index contributed by atoms with van der Waals surface area (Å²) in [6, 6.07) is 14.0. The molecule has 2 aromatic rings. The third kappa shape index (κ3) is 3.29. The van der Waals surface area contributed by atoms with Crippen LogP contribution in [-0.2, 0) is 10.2 Å². The highest BCUT2D eigenvalue weighted by Gasteiger charge is 2.45. The van der Waals surface area contributed by atoms with E-state index in [1.807, 2.05) is 18.2 Å². The van der Waals surface area contributed by atoms with Crippen LogP contribution in [0.15, 0.2) is 42.5 Å². The van der Waals surface area contributed by atoms with Crippen molar-refractivity contribution in [2.75, 3.05) is 19.6 Å². The highest BCUT2D eigenvalue weighted by molar-refractivity contribution is 5.85. The Hall–Kier alpha value is -2.48. The van der Waals surface area contributed by atoms with Gasteiger partial charge in [0.1, 0.15) is 5.75 Å². The molecule has 140 valence electrons. The van der Waals surface area contributed by atoms with E-state index < -0.39 is 0 Å². The van der Waals surface area contributed by atoms with E-state index in [9.17, 15) is 4.79 Å². The van der Waals surface area contributed by atoms with Gasteiger partial charge in [0.15, 0.2) is 11.5 Å². The number of hydrogen-bond acceptors (Lipinski definition) is 4. The van der Waals surface area contributed by atoms with Crippen molar-refractivity contribution in [1.82, 2.24) is 4.90 Å². The van der Waals surface area contributed by atoms with E-state index in [4.69, 9.17) is 15.9 Å². The lowest BCUT2D eigenvalue weighted by Gasteiger charge is -2.45. The second kappa shape index (κ2) is 7.64. The Labute approximate surface area is 165 Å². The Kier molecular flexibility index (Phi) is 5.46. The van der Waals surface area contributed by atoms with Crippen molar-refractivity contribution in [3.8, 4) is 29.6 Å². The first-order chi connectivity index (χ1) is 12.6. The molecule has 0 N–H and O–H groups in total. The fourth-order valence-electron chi connectivity index (χ4n) is 4.20. The van der Waals surface area contributed by atoms with Crippen LogP contribution < -0.4 is 9.47 Å². The highest BCUT2D eigenvalue weighted by atomic mass is 35.5. The molecule has 0 aromatic heterocycles. The molecular formula is C22H22ClNO3. The maximum Gasteiger partial charge on any atom is 0.308 e. The molecule has 2 aliphatic heterocycles. The average molecular weight is 384 g/mol. The summed E-state index contributed by atoms with van der Waals surface area (Å²) in [5.74, 6) is 4.37. The quantitative estimate of drug-likeness (QED) is 0.443. The zero-order valence-electron chi connectivity index (χ0n) is 15.2. The number of carbonyl (C=O) groups is 1. The van der Waals surface area contributed by atoms with Crippen molar-refractivity contribution in [2.45, 2.75) is 25.2 Å². The first-order valence-electron chi connectivity index (χ1n) is 8.89. The van der Waals surface area contributed by atoms with Gasteiger partial charge in [-0.1, -0.05) is 36.3 Å². The monoisotopic (exact) mass is 383 g/mol. The number of hydrogen-bond donors (Lipinski definition) is 0.